The number of alkyl halides is 6. The quantitative estimate of drug-likeness (QED) is 0.561. The van der Waals surface area contributed by atoms with Crippen molar-refractivity contribution >= 4 is 0 Å². The molecule has 1 unspecified atom stereocenters. The lowest BCUT2D eigenvalue weighted by Gasteiger charge is -2.36. The zero-order chi connectivity index (χ0) is 13.5. The van der Waals surface area contributed by atoms with E-state index in [0.29, 0.717) is 12.2 Å². The molecule has 2 nitrogen and oxygen atoms in total. The van der Waals surface area contributed by atoms with Gasteiger partial charge in [-0.1, -0.05) is 18.2 Å². The van der Waals surface area contributed by atoms with E-state index in [1.54, 1.807) is 0 Å². The molecule has 1 aliphatic carbocycles. The van der Waals surface area contributed by atoms with Crippen LogP contribution in [0.1, 0.15) is 0 Å². The van der Waals surface area contributed by atoms with E-state index in [9.17, 15) is 26.3 Å². The van der Waals surface area contributed by atoms with Gasteiger partial charge in [0, 0.05) is 0 Å². The highest BCUT2D eigenvalue weighted by molar-refractivity contribution is 5.20. The van der Waals surface area contributed by atoms with Crippen molar-refractivity contribution in [1.82, 2.24) is 0 Å². The van der Waals surface area contributed by atoms with Crippen molar-refractivity contribution < 1.29 is 36.6 Å². The fraction of sp³-hybridized carbons (Fsp3) is 0.556. The summed E-state index contributed by atoms with van der Waals surface area (Å²) in [6.45, 7) is 0. The van der Waals surface area contributed by atoms with Crippen molar-refractivity contribution in [1.29, 1.82) is 0 Å². The van der Waals surface area contributed by atoms with Crippen molar-refractivity contribution in [2.24, 2.45) is 11.8 Å². The second-order valence-corrected chi connectivity index (χ2v) is 3.61. The molecule has 1 atom stereocenters. The van der Waals surface area contributed by atoms with Gasteiger partial charge in [-0.2, -0.15) is 26.3 Å². The molecule has 0 aromatic heterocycles. The largest absolute Gasteiger partial charge is 0.401 e. The first-order valence-corrected chi connectivity index (χ1v) is 4.40. The van der Waals surface area contributed by atoms with Gasteiger partial charge in [-0.25, -0.2) is 0 Å². The molecule has 0 bridgehead atoms. The van der Waals surface area contributed by atoms with E-state index in [4.69, 9.17) is 10.2 Å². The minimum Gasteiger partial charge on any atom is -0.362 e. The first-order chi connectivity index (χ1) is 7.46. The van der Waals surface area contributed by atoms with Crippen LogP contribution in [0.4, 0.5) is 26.3 Å². The molecule has 0 aromatic carbocycles. The third-order valence-electron chi connectivity index (χ3n) is 2.33. The first kappa shape index (κ1) is 14.0. The highest BCUT2D eigenvalue weighted by Crippen LogP contribution is 2.47. The summed E-state index contributed by atoms with van der Waals surface area (Å²) in [6.07, 6.45) is -8.42. The van der Waals surface area contributed by atoms with Crippen molar-refractivity contribution in [2.75, 3.05) is 0 Å². The van der Waals surface area contributed by atoms with Crippen molar-refractivity contribution in [3.63, 3.8) is 0 Å². The Morgan fingerprint density at radius 3 is 1.76 bits per heavy atom. The highest BCUT2D eigenvalue weighted by Gasteiger charge is 2.63. The number of halogens is 6. The topological polar surface area (TPSA) is 40.5 Å². The zero-order valence-electron chi connectivity index (χ0n) is 8.13. The van der Waals surface area contributed by atoms with Crippen LogP contribution in [-0.4, -0.2) is 28.4 Å². The molecule has 0 fully saturated rings. The van der Waals surface area contributed by atoms with E-state index >= 15 is 0 Å². The fourth-order valence-electron chi connectivity index (χ4n) is 1.58. The molecule has 0 saturated heterocycles. The van der Waals surface area contributed by atoms with E-state index in [-0.39, 0.29) is 0 Å². The molecule has 98 valence electrons. The average Bonchev–Trinajstić information content (AvgIpc) is 2.03. The standard InChI is InChI=1S/C9H8F6O2/c10-8(11,12)6(9(13,14)15)5-3-1-2-4-7(5,16)17/h1-6,16-17H. The maximum absolute atomic E-state index is 12.3. The molecular formula is C9H8F6O2. The third kappa shape index (κ3) is 3.01. The third-order valence-corrected chi connectivity index (χ3v) is 2.33. The molecule has 1 rings (SSSR count). The number of hydrogen-bond donors (Lipinski definition) is 2. The minimum absolute atomic E-state index is 0.474. The number of rotatable bonds is 1. The van der Waals surface area contributed by atoms with Crippen molar-refractivity contribution in [3.05, 3.63) is 24.3 Å². The van der Waals surface area contributed by atoms with Crippen LogP contribution in [0.2, 0.25) is 0 Å². The van der Waals surface area contributed by atoms with Crippen molar-refractivity contribution in [2.45, 2.75) is 18.1 Å². The van der Waals surface area contributed by atoms with E-state index in [1.807, 2.05) is 0 Å². The zero-order valence-corrected chi connectivity index (χ0v) is 8.13. The summed E-state index contributed by atoms with van der Waals surface area (Å²) in [6, 6.07) is 0. The number of allylic oxidation sites excluding steroid dienone is 2. The minimum atomic E-state index is -5.62. The summed E-state index contributed by atoms with van der Waals surface area (Å²) in [5.74, 6) is -9.52. The summed E-state index contributed by atoms with van der Waals surface area (Å²) in [7, 11) is 0. The maximum atomic E-state index is 12.3. The van der Waals surface area contributed by atoms with Gasteiger partial charge >= 0.3 is 12.4 Å². The van der Waals surface area contributed by atoms with Gasteiger partial charge < -0.3 is 10.2 Å². The Kier molecular flexibility index (Phi) is 3.32. The molecule has 0 spiro atoms. The maximum Gasteiger partial charge on any atom is 0.401 e. The van der Waals surface area contributed by atoms with Crippen LogP contribution in [0, 0.1) is 11.8 Å². The fourth-order valence-corrected chi connectivity index (χ4v) is 1.58. The lowest BCUT2D eigenvalue weighted by Crippen LogP contribution is -2.51. The lowest BCUT2D eigenvalue weighted by atomic mass is 9.81. The second kappa shape index (κ2) is 4.02. The molecule has 8 heteroatoms. The van der Waals surface area contributed by atoms with Crippen LogP contribution in [0.25, 0.3) is 0 Å². The molecule has 0 aromatic rings. The van der Waals surface area contributed by atoms with Gasteiger partial charge in [-0.15, -0.1) is 0 Å². The SMILES string of the molecule is OC1(O)C=CC=CC1C(C(F)(F)F)C(F)(F)F. The number of hydrogen-bond acceptors (Lipinski definition) is 2. The molecule has 2 N–H and O–H groups in total. The van der Waals surface area contributed by atoms with E-state index in [1.165, 1.54) is 0 Å². The van der Waals surface area contributed by atoms with E-state index in [2.05, 4.69) is 0 Å². The van der Waals surface area contributed by atoms with Gasteiger partial charge in [0.1, 0.15) is 0 Å². The van der Waals surface area contributed by atoms with Crippen LogP contribution in [-0.2, 0) is 0 Å². The average molecular weight is 262 g/mol. The predicted octanol–water partition coefficient (Wildman–Crippen LogP) is 2.15. The molecule has 1 aliphatic rings. The summed E-state index contributed by atoms with van der Waals surface area (Å²) >= 11 is 0. The highest BCUT2D eigenvalue weighted by atomic mass is 19.4. The Balaban J connectivity index is 3.17. The summed E-state index contributed by atoms with van der Waals surface area (Å²) in [4.78, 5) is 0. The number of aliphatic hydroxyl groups is 2. The Hall–Kier alpha value is -1.02. The summed E-state index contributed by atoms with van der Waals surface area (Å²) < 4.78 is 74.1. The van der Waals surface area contributed by atoms with Gasteiger partial charge in [0.2, 0.25) is 0 Å². The normalized spacial score (nSPS) is 24.4. The van der Waals surface area contributed by atoms with Gasteiger partial charge in [0.25, 0.3) is 0 Å². The monoisotopic (exact) mass is 262 g/mol. The summed E-state index contributed by atoms with van der Waals surface area (Å²) in [5.41, 5.74) is 0. The smallest absolute Gasteiger partial charge is 0.362 e. The molecule has 17 heavy (non-hydrogen) atoms. The molecular weight excluding hydrogens is 254 g/mol. The van der Waals surface area contributed by atoms with Crippen LogP contribution in [0.3, 0.4) is 0 Å². The molecule has 0 amide bonds. The molecule has 0 heterocycles. The Morgan fingerprint density at radius 1 is 0.941 bits per heavy atom. The van der Waals surface area contributed by atoms with Crippen molar-refractivity contribution in [3.8, 4) is 0 Å². The van der Waals surface area contributed by atoms with Crippen LogP contribution >= 0.6 is 0 Å². The summed E-state index contributed by atoms with van der Waals surface area (Å²) in [5, 5.41) is 18.3. The Bertz CT molecular complexity index is 324. The van der Waals surface area contributed by atoms with Gasteiger partial charge in [-0.05, 0) is 6.08 Å². The first-order valence-electron chi connectivity index (χ1n) is 4.40. The van der Waals surface area contributed by atoms with Gasteiger partial charge in [0.15, 0.2) is 11.7 Å². The Morgan fingerprint density at radius 2 is 1.41 bits per heavy atom. The molecule has 0 saturated carbocycles. The predicted molar refractivity (Wildman–Crippen MR) is 44.5 cm³/mol. The Labute approximate surface area is 91.9 Å². The second-order valence-electron chi connectivity index (χ2n) is 3.61. The van der Waals surface area contributed by atoms with Crippen LogP contribution in [0.5, 0.6) is 0 Å². The van der Waals surface area contributed by atoms with Gasteiger partial charge in [-0.3, -0.25) is 0 Å². The van der Waals surface area contributed by atoms with Crippen LogP contribution in [0.15, 0.2) is 24.3 Å². The van der Waals surface area contributed by atoms with Gasteiger partial charge in [0.05, 0.1) is 5.92 Å². The molecule has 0 aliphatic heterocycles. The van der Waals surface area contributed by atoms with Crippen LogP contribution < -0.4 is 0 Å². The van der Waals surface area contributed by atoms with E-state index in [0.717, 1.165) is 12.2 Å². The molecule has 0 radical (unpaired) electrons. The lowest BCUT2D eigenvalue weighted by molar-refractivity contribution is -0.320. The van der Waals surface area contributed by atoms with E-state index < -0.39 is 30.0 Å².